The highest BCUT2D eigenvalue weighted by Gasteiger charge is 2.34. The van der Waals surface area contributed by atoms with Gasteiger partial charge in [0.1, 0.15) is 5.75 Å². The zero-order valence-corrected chi connectivity index (χ0v) is 15.0. The van der Waals surface area contributed by atoms with Crippen LogP contribution in [-0.4, -0.2) is 32.8 Å². The molecule has 2 heterocycles. The number of hydrogen-bond donors (Lipinski definition) is 1. The third-order valence-corrected chi connectivity index (χ3v) is 5.48. The molecule has 0 fully saturated rings. The molecule has 2 aliphatic heterocycles. The molecule has 2 aromatic carbocycles. The molecule has 5 heteroatoms. The molecule has 0 saturated carbocycles. The molecule has 132 valence electrons. The maximum Gasteiger partial charge on any atom is 0.165 e. The Labute approximate surface area is 148 Å². The molecule has 0 amide bonds. The molecule has 0 saturated heterocycles. The summed E-state index contributed by atoms with van der Waals surface area (Å²) in [5.74, 6) is 2.43. The number of nitrogen functional groups attached to an aromatic ring is 1. The SMILES string of the molecule is COc1cc2c(cc1N)[C@@H]1Cc3ccc(OC)c(OC)c3CN1CC2. The second-order valence-corrected chi connectivity index (χ2v) is 6.67. The zero-order valence-electron chi connectivity index (χ0n) is 15.0. The van der Waals surface area contributed by atoms with E-state index in [2.05, 4.69) is 23.1 Å². The first kappa shape index (κ1) is 16.1. The van der Waals surface area contributed by atoms with Crippen LogP contribution in [0.2, 0.25) is 0 Å². The number of methoxy groups -OCH3 is 3. The predicted octanol–water partition coefficient (Wildman–Crippen LogP) is 2.95. The van der Waals surface area contributed by atoms with Crippen LogP contribution >= 0.6 is 0 Å². The van der Waals surface area contributed by atoms with Crippen molar-refractivity contribution in [2.75, 3.05) is 33.6 Å². The van der Waals surface area contributed by atoms with Crippen molar-refractivity contribution in [3.8, 4) is 17.2 Å². The molecular weight excluding hydrogens is 316 g/mol. The van der Waals surface area contributed by atoms with Gasteiger partial charge in [-0.25, -0.2) is 0 Å². The van der Waals surface area contributed by atoms with E-state index in [0.717, 1.165) is 43.2 Å². The lowest BCUT2D eigenvalue weighted by atomic mass is 9.83. The van der Waals surface area contributed by atoms with Crippen LogP contribution in [0.5, 0.6) is 17.2 Å². The van der Waals surface area contributed by atoms with E-state index in [-0.39, 0.29) is 0 Å². The summed E-state index contributed by atoms with van der Waals surface area (Å²) in [6.45, 7) is 1.89. The van der Waals surface area contributed by atoms with Crippen molar-refractivity contribution in [2.24, 2.45) is 0 Å². The van der Waals surface area contributed by atoms with Crippen LogP contribution in [0.1, 0.15) is 28.3 Å². The molecule has 0 spiro atoms. The molecule has 25 heavy (non-hydrogen) atoms. The van der Waals surface area contributed by atoms with Crippen molar-refractivity contribution in [3.05, 3.63) is 46.5 Å². The quantitative estimate of drug-likeness (QED) is 0.871. The van der Waals surface area contributed by atoms with Gasteiger partial charge in [0.25, 0.3) is 0 Å². The van der Waals surface area contributed by atoms with Crippen molar-refractivity contribution in [3.63, 3.8) is 0 Å². The first-order chi connectivity index (χ1) is 12.2. The highest BCUT2D eigenvalue weighted by molar-refractivity contribution is 5.59. The van der Waals surface area contributed by atoms with E-state index in [1.54, 1.807) is 21.3 Å². The Morgan fingerprint density at radius 2 is 1.80 bits per heavy atom. The fourth-order valence-electron chi connectivity index (χ4n) is 4.21. The monoisotopic (exact) mass is 340 g/mol. The maximum absolute atomic E-state index is 6.18. The minimum absolute atomic E-state index is 0.350. The summed E-state index contributed by atoms with van der Waals surface area (Å²) in [5.41, 5.74) is 12.1. The van der Waals surface area contributed by atoms with Crippen molar-refractivity contribution in [2.45, 2.75) is 25.4 Å². The van der Waals surface area contributed by atoms with Crippen LogP contribution in [0.15, 0.2) is 24.3 Å². The second kappa shape index (κ2) is 6.15. The highest BCUT2D eigenvalue weighted by Crippen LogP contribution is 2.44. The number of nitrogens with two attached hydrogens (primary N) is 1. The van der Waals surface area contributed by atoms with Gasteiger partial charge in [-0.3, -0.25) is 4.90 Å². The van der Waals surface area contributed by atoms with Crippen LogP contribution in [0, 0.1) is 0 Å². The molecule has 2 aliphatic rings. The summed E-state index contributed by atoms with van der Waals surface area (Å²) in [6.07, 6.45) is 1.96. The van der Waals surface area contributed by atoms with Crippen molar-refractivity contribution in [1.29, 1.82) is 0 Å². The Balaban J connectivity index is 1.76. The topological polar surface area (TPSA) is 57.0 Å². The number of fused-ring (bicyclic) bond motifs is 4. The Kier molecular flexibility index (Phi) is 3.96. The fourth-order valence-corrected chi connectivity index (χ4v) is 4.21. The van der Waals surface area contributed by atoms with Crippen LogP contribution in [0.4, 0.5) is 5.69 Å². The van der Waals surface area contributed by atoms with Gasteiger partial charge in [0.05, 0.1) is 27.0 Å². The largest absolute Gasteiger partial charge is 0.495 e. The summed E-state index contributed by atoms with van der Waals surface area (Å²) >= 11 is 0. The number of rotatable bonds is 3. The summed E-state index contributed by atoms with van der Waals surface area (Å²) in [7, 11) is 5.07. The molecular formula is C20H24N2O3. The Hall–Kier alpha value is -2.40. The van der Waals surface area contributed by atoms with Crippen LogP contribution in [0.25, 0.3) is 0 Å². The molecule has 0 radical (unpaired) electrons. The van der Waals surface area contributed by atoms with Crippen LogP contribution in [0.3, 0.4) is 0 Å². The Bertz CT molecular complexity index is 819. The zero-order chi connectivity index (χ0) is 17.6. The number of anilines is 1. The average molecular weight is 340 g/mol. The summed E-state index contributed by atoms with van der Waals surface area (Å²) in [4.78, 5) is 2.51. The van der Waals surface area contributed by atoms with E-state index in [4.69, 9.17) is 19.9 Å². The van der Waals surface area contributed by atoms with Gasteiger partial charge < -0.3 is 19.9 Å². The van der Waals surface area contributed by atoms with Crippen molar-refractivity contribution >= 4 is 5.69 Å². The third-order valence-electron chi connectivity index (χ3n) is 5.48. The highest BCUT2D eigenvalue weighted by atomic mass is 16.5. The number of nitrogens with zero attached hydrogens (tertiary/aromatic N) is 1. The van der Waals surface area contributed by atoms with Gasteiger partial charge in [-0.15, -0.1) is 0 Å². The van der Waals surface area contributed by atoms with Crippen LogP contribution < -0.4 is 19.9 Å². The van der Waals surface area contributed by atoms with Crippen molar-refractivity contribution in [1.82, 2.24) is 4.90 Å². The Morgan fingerprint density at radius 1 is 1.00 bits per heavy atom. The van der Waals surface area contributed by atoms with E-state index in [0.29, 0.717) is 11.7 Å². The van der Waals surface area contributed by atoms with Gasteiger partial charge in [-0.1, -0.05) is 6.07 Å². The summed E-state index contributed by atoms with van der Waals surface area (Å²) in [5, 5.41) is 0. The van der Waals surface area contributed by atoms with Gasteiger partial charge >= 0.3 is 0 Å². The number of ether oxygens (including phenoxy) is 3. The molecule has 0 unspecified atom stereocenters. The lowest BCUT2D eigenvalue weighted by Crippen LogP contribution is -2.39. The lowest BCUT2D eigenvalue weighted by Gasteiger charge is -2.42. The van der Waals surface area contributed by atoms with Gasteiger partial charge in [0.2, 0.25) is 0 Å². The molecule has 0 aliphatic carbocycles. The van der Waals surface area contributed by atoms with Crippen molar-refractivity contribution < 1.29 is 14.2 Å². The van der Waals surface area contributed by atoms with Crippen LogP contribution in [-0.2, 0) is 19.4 Å². The number of hydrogen-bond acceptors (Lipinski definition) is 5. The molecule has 2 aromatic rings. The first-order valence-electron chi connectivity index (χ1n) is 8.59. The van der Waals surface area contributed by atoms with E-state index in [1.165, 1.54) is 22.3 Å². The smallest absolute Gasteiger partial charge is 0.165 e. The van der Waals surface area contributed by atoms with E-state index >= 15 is 0 Å². The standard InChI is InChI=1S/C20H24N2O3/c1-23-18-5-4-12-8-17-14-10-16(21)19(24-2)9-13(14)6-7-22(17)11-15(12)20(18)25-3/h4-5,9-10,17H,6-8,11,21H2,1-3H3/t17-/m0/s1. The van der Waals surface area contributed by atoms with Gasteiger partial charge in [0, 0.05) is 24.7 Å². The molecule has 5 nitrogen and oxygen atoms in total. The Morgan fingerprint density at radius 3 is 2.52 bits per heavy atom. The maximum atomic E-state index is 6.18. The molecule has 2 N–H and O–H groups in total. The minimum atomic E-state index is 0.350. The van der Waals surface area contributed by atoms with E-state index < -0.39 is 0 Å². The van der Waals surface area contributed by atoms with E-state index in [1.807, 2.05) is 6.07 Å². The van der Waals surface area contributed by atoms with Gasteiger partial charge in [-0.05, 0) is 47.7 Å². The number of benzene rings is 2. The molecule has 0 aromatic heterocycles. The minimum Gasteiger partial charge on any atom is -0.495 e. The van der Waals surface area contributed by atoms with Gasteiger partial charge in [-0.2, -0.15) is 0 Å². The third kappa shape index (κ3) is 2.50. The van der Waals surface area contributed by atoms with E-state index in [9.17, 15) is 0 Å². The summed E-state index contributed by atoms with van der Waals surface area (Å²) < 4.78 is 16.5. The molecule has 4 rings (SSSR count). The lowest BCUT2D eigenvalue weighted by molar-refractivity contribution is 0.157. The first-order valence-corrected chi connectivity index (χ1v) is 8.59. The molecule has 1 atom stereocenters. The normalized spacial score (nSPS) is 18.8. The fraction of sp³-hybridized carbons (Fsp3) is 0.400. The summed E-state index contributed by atoms with van der Waals surface area (Å²) in [6, 6.07) is 8.71. The predicted molar refractivity (Wildman–Crippen MR) is 97.5 cm³/mol. The molecule has 0 bridgehead atoms. The van der Waals surface area contributed by atoms with Gasteiger partial charge in [0.15, 0.2) is 11.5 Å². The average Bonchev–Trinajstić information content (AvgIpc) is 2.65. The second-order valence-electron chi connectivity index (χ2n) is 6.67.